The van der Waals surface area contributed by atoms with Gasteiger partial charge >= 0.3 is 6.18 Å². The Hall–Kier alpha value is -2.93. The molecule has 10 heteroatoms. The van der Waals surface area contributed by atoms with Crippen LogP contribution in [0.3, 0.4) is 0 Å². The first-order chi connectivity index (χ1) is 13.9. The highest BCUT2D eigenvalue weighted by molar-refractivity contribution is 5.56. The molecule has 1 saturated heterocycles. The van der Waals surface area contributed by atoms with Crippen molar-refractivity contribution in [2.75, 3.05) is 29.9 Å². The molecule has 0 unspecified atom stereocenters. The van der Waals surface area contributed by atoms with Crippen LogP contribution in [0.5, 0.6) is 0 Å². The van der Waals surface area contributed by atoms with E-state index in [1.165, 1.54) is 0 Å². The predicted octanol–water partition coefficient (Wildman–Crippen LogP) is 2.92. The van der Waals surface area contributed by atoms with E-state index in [1.807, 2.05) is 6.07 Å². The monoisotopic (exact) mass is 404 g/mol. The van der Waals surface area contributed by atoms with E-state index in [1.54, 1.807) is 0 Å². The summed E-state index contributed by atoms with van der Waals surface area (Å²) >= 11 is 0. The third kappa shape index (κ3) is 4.24. The average Bonchev–Trinajstić information content (AvgIpc) is 2.73. The highest BCUT2D eigenvalue weighted by Gasteiger charge is 2.33. The topological polar surface area (TPSA) is 87.0 Å². The first kappa shape index (κ1) is 19.4. The first-order valence-electron chi connectivity index (χ1n) is 9.35. The Morgan fingerprint density at radius 2 is 2.00 bits per heavy atom. The number of halogens is 3. The molecule has 0 spiro atoms. The number of alkyl halides is 3. The molecule has 0 amide bonds. The molecule has 0 radical (unpaired) electrons. The summed E-state index contributed by atoms with van der Waals surface area (Å²) in [5.41, 5.74) is 1.48. The molecule has 1 N–H and O–H groups in total. The van der Waals surface area contributed by atoms with Crippen LogP contribution < -0.4 is 10.2 Å². The Morgan fingerprint density at radius 3 is 2.72 bits per heavy atom. The van der Waals surface area contributed by atoms with E-state index in [9.17, 15) is 18.4 Å². The van der Waals surface area contributed by atoms with Crippen LogP contribution in [0.1, 0.15) is 35.4 Å². The fourth-order valence-corrected chi connectivity index (χ4v) is 3.63. The van der Waals surface area contributed by atoms with Gasteiger partial charge in [0.15, 0.2) is 0 Å². The zero-order valence-electron chi connectivity index (χ0n) is 15.5. The van der Waals surface area contributed by atoms with Gasteiger partial charge in [0.05, 0.1) is 24.5 Å². The van der Waals surface area contributed by atoms with E-state index in [-0.39, 0.29) is 11.9 Å². The molecular weight excluding hydrogens is 385 g/mol. The van der Waals surface area contributed by atoms with Crippen molar-refractivity contribution in [1.82, 2.24) is 15.0 Å². The second-order valence-electron chi connectivity index (χ2n) is 7.07. The highest BCUT2D eigenvalue weighted by atomic mass is 19.4. The number of hydrogen-bond donors (Lipinski definition) is 1. The van der Waals surface area contributed by atoms with Gasteiger partial charge in [-0.25, -0.2) is 15.0 Å². The Bertz CT molecular complexity index is 935. The summed E-state index contributed by atoms with van der Waals surface area (Å²) in [5.74, 6) is 0.836. The van der Waals surface area contributed by atoms with E-state index in [2.05, 4.69) is 26.3 Å². The van der Waals surface area contributed by atoms with Crippen molar-refractivity contribution in [1.29, 1.82) is 5.26 Å². The van der Waals surface area contributed by atoms with Crippen LogP contribution in [0.2, 0.25) is 0 Å². The van der Waals surface area contributed by atoms with Gasteiger partial charge in [-0.2, -0.15) is 18.4 Å². The molecule has 2 aromatic rings. The third-order valence-corrected chi connectivity index (χ3v) is 5.14. The molecule has 2 aromatic heterocycles. The summed E-state index contributed by atoms with van der Waals surface area (Å²) in [7, 11) is 0. The smallest absolute Gasteiger partial charge is 0.376 e. The number of nitrogens with one attached hydrogen (secondary N) is 1. The Kier molecular flexibility index (Phi) is 5.24. The van der Waals surface area contributed by atoms with E-state index in [0.717, 1.165) is 30.1 Å². The van der Waals surface area contributed by atoms with E-state index >= 15 is 0 Å². The molecule has 0 saturated carbocycles. The third-order valence-electron chi connectivity index (χ3n) is 5.14. The van der Waals surface area contributed by atoms with E-state index in [4.69, 9.17) is 9.72 Å². The molecule has 152 valence electrons. The van der Waals surface area contributed by atoms with Crippen LogP contribution in [-0.2, 0) is 23.9 Å². The molecule has 0 atom stereocenters. The number of anilines is 2. The van der Waals surface area contributed by atoms with E-state index < -0.39 is 11.9 Å². The maximum atomic E-state index is 12.8. The quantitative estimate of drug-likeness (QED) is 0.842. The minimum Gasteiger partial charge on any atom is -0.376 e. The van der Waals surface area contributed by atoms with Crippen LogP contribution in [0, 0.1) is 11.3 Å². The lowest BCUT2D eigenvalue weighted by Crippen LogP contribution is -2.40. The van der Waals surface area contributed by atoms with E-state index in [0.29, 0.717) is 50.5 Å². The summed E-state index contributed by atoms with van der Waals surface area (Å²) in [6.07, 6.45) is -1.47. The minimum absolute atomic E-state index is 0.0150. The summed E-state index contributed by atoms with van der Waals surface area (Å²) in [5, 5.41) is 12.6. The minimum atomic E-state index is -4.50. The highest BCUT2D eigenvalue weighted by Crippen LogP contribution is 2.30. The molecule has 4 heterocycles. The number of piperidine rings is 1. The van der Waals surface area contributed by atoms with Crippen molar-refractivity contribution in [3.8, 4) is 6.07 Å². The Balaban J connectivity index is 1.43. The normalized spacial score (nSPS) is 17.5. The molecule has 4 rings (SSSR count). The number of fused-ring (bicyclic) bond motifs is 1. The number of nitriles is 1. The summed E-state index contributed by atoms with van der Waals surface area (Å²) in [6.45, 7) is 2.38. The first-order valence-corrected chi connectivity index (χ1v) is 9.35. The van der Waals surface area contributed by atoms with Gasteiger partial charge in [-0.3, -0.25) is 0 Å². The number of nitrogens with zero attached hydrogens (tertiary/aromatic N) is 5. The van der Waals surface area contributed by atoms with Crippen molar-refractivity contribution < 1.29 is 17.9 Å². The van der Waals surface area contributed by atoms with Gasteiger partial charge in [0.25, 0.3) is 0 Å². The van der Waals surface area contributed by atoms with Crippen LogP contribution in [0.15, 0.2) is 18.5 Å². The molecule has 2 aliphatic heterocycles. The molecule has 29 heavy (non-hydrogen) atoms. The number of aromatic nitrogens is 3. The van der Waals surface area contributed by atoms with Gasteiger partial charge in [-0.05, 0) is 18.9 Å². The largest absolute Gasteiger partial charge is 0.433 e. The summed E-state index contributed by atoms with van der Waals surface area (Å²) in [4.78, 5) is 14.0. The van der Waals surface area contributed by atoms with Crippen molar-refractivity contribution in [2.45, 2.75) is 38.1 Å². The standard InChI is InChI=1S/C19H19F3N6O/c20-19(21,22)16-8-17(25-11-24-16)26-14-1-4-28(5-2-14)18-12(9-23)7-13-10-29-6-3-15(13)27-18/h7-8,11,14H,1-6,10H2,(H,24,25,26). The molecule has 1 fully saturated rings. The maximum absolute atomic E-state index is 12.8. The van der Waals surface area contributed by atoms with Crippen molar-refractivity contribution in [3.63, 3.8) is 0 Å². The fraction of sp³-hybridized carbons (Fsp3) is 0.474. The van der Waals surface area contributed by atoms with Crippen molar-refractivity contribution in [2.24, 2.45) is 0 Å². The number of rotatable bonds is 3. The van der Waals surface area contributed by atoms with Gasteiger partial charge in [0.1, 0.15) is 29.7 Å². The van der Waals surface area contributed by atoms with Gasteiger partial charge in [0, 0.05) is 37.2 Å². The van der Waals surface area contributed by atoms with Crippen molar-refractivity contribution >= 4 is 11.6 Å². The average molecular weight is 404 g/mol. The second kappa shape index (κ2) is 7.83. The Labute approximate surface area is 165 Å². The van der Waals surface area contributed by atoms with Crippen LogP contribution in [-0.4, -0.2) is 40.7 Å². The molecule has 7 nitrogen and oxygen atoms in total. The second-order valence-corrected chi connectivity index (χ2v) is 7.07. The van der Waals surface area contributed by atoms with Gasteiger partial charge in [-0.15, -0.1) is 0 Å². The lowest BCUT2D eigenvalue weighted by atomic mass is 10.0. The molecular formula is C19H19F3N6O. The molecule has 0 aromatic carbocycles. The maximum Gasteiger partial charge on any atom is 0.433 e. The Morgan fingerprint density at radius 1 is 1.21 bits per heavy atom. The predicted molar refractivity (Wildman–Crippen MR) is 98.2 cm³/mol. The van der Waals surface area contributed by atoms with Crippen LogP contribution in [0.25, 0.3) is 0 Å². The number of pyridine rings is 1. The van der Waals surface area contributed by atoms with Crippen LogP contribution in [0.4, 0.5) is 24.8 Å². The zero-order valence-corrected chi connectivity index (χ0v) is 15.5. The SMILES string of the molecule is N#Cc1cc2c(nc1N1CCC(Nc3cc(C(F)(F)F)ncn3)CC1)CCOC2. The fourth-order valence-electron chi connectivity index (χ4n) is 3.63. The van der Waals surface area contributed by atoms with Gasteiger partial charge in [0.2, 0.25) is 0 Å². The summed E-state index contributed by atoms with van der Waals surface area (Å²) < 4.78 is 43.9. The summed E-state index contributed by atoms with van der Waals surface area (Å²) in [6, 6.07) is 4.97. The lowest BCUT2D eigenvalue weighted by molar-refractivity contribution is -0.141. The number of hydrogen-bond acceptors (Lipinski definition) is 7. The van der Waals surface area contributed by atoms with Crippen molar-refractivity contribution in [3.05, 3.63) is 41.0 Å². The zero-order chi connectivity index (χ0) is 20.4. The molecule has 2 aliphatic rings. The van der Waals surface area contributed by atoms with Gasteiger partial charge < -0.3 is 15.0 Å². The van der Waals surface area contributed by atoms with Gasteiger partial charge in [-0.1, -0.05) is 0 Å². The molecule has 0 aliphatic carbocycles. The van der Waals surface area contributed by atoms with Crippen LogP contribution >= 0.6 is 0 Å². The number of ether oxygens (including phenoxy) is 1. The lowest BCUT2D eigenvalue weighted by Gasteiger charge is -2.34. The molecule has 0 bridgehead atoms.